The van der Waals surface area contributed by atoms with Gasteiger partial charge in [-0.3, -0.25) is 0 Å². The van der Waals surface area contributed by atoms with Crippen LogP contribution in [0.5, 0.6) is 0 Å². The zero-order valence-corrected chi connectivity index (χ0v) is 13.5. The first-order valence-corrected chi connectivity index (χ1v) is 8.22. The van der Waals surface area contributed by atoms with Gasteiger partial charge in [-0.15, -0.1) is 11.3 Å². The molecule has 2 heterocycles. The molecule has 0 radical (unpaired) electrons. The minimum Gasteiger partial charge on any atom is -0.362 e. The van der Waals surface area contributed by atoms with E-state index in [1.54, 1.807) is 22.7 Å². The SMILES string of the molecule is CCCNc1nc(-c2sc(N(C)C)nc2CC)cs1. The molecule has 0 amide bonds. The summed E-state index contributed by atoms with van der Waals surface area (Å²) < 4.78 is 0. The van der Waals surface area contributed by atoms with Crippen LogP contribution in [0.25, 0.3) is 10.6 Å². The van der Waals surface area contributed by atoms with Crippen molar-refractivity contribution in [2.75, 3.05) is 30.9 Å². The first kappa shape index (κ1) is 14.3. The van der Waals surface area contributed by atoms with Crippen molar-refractivity contribution in [2.45, 2.75) is 26.7 Å². The van der Waals surface area contributed by atoms with Gasteiger partial charge in [-0.05, 0) is 12.8 Å². The number of thiazole rings is 2. The van der Waals surface area contributed by atoms with E-state index < -0.39 is 0 Å². The molecule has 0 aromatic carbocycles. The molecule has 19 heavy (non-hydrogen) atoms. The molecular weight excluding hydrogens is 276 g/mol. The molecule has 6 heteroatoms. The minimum absolute atomic E-state index is 0.939. The van der Waals surface area contributed by atoms with Gasteiger partial charge >= 0.3 is 0 Å². The molecule has 0 fully saturated rings. The highest BCUT2D eigenvalue weighted by Crippen LogP contribution is 2.35. The van der Waals surface area contributed by atoms with Crippen molar-refractivity contribution in [3.63, 3.8) is 0 Å². The fraction of sp³-hybridized carbons (Fsp3) is 0.538. The third kappa shape index (κ3) is 3.25. The molecule has 1 N–H and O–H groups in total. The molecule has 0 atom stereocenters. The van der Waals surface area contributed by atoms with Crippen LogP contribution in [0, 0.1) is 0 Å². The second-order valence-electron chi connectivity index (χ2n) is 4.48. The third-order valence-electron chi connectivity index (χ3n) is 2.67. The van der Waals surface area contributed by atoms with Crippen molar-refractivity contribution in [3.8, 4) is 10.6 Å². The smallest absolute Gasteiger partial charge is 0.185 e. The molecule has 4 nitrogen and oxygen atoms in total. The molecular formula is C13H20N4S2. The molecule has 0 spiro atoms. The van der Waals surface area contributed by atoms with Crippen LogP contribution in [0.1, 0.15) is 26.0 Å². The number of rotatable bonds is 6. The Morgan fingerprint density at radius 2 is 2.05 bits per heavy atom. The molecule has 2 aromatic heterocycles. The highest BCUT2D eigenvalue weighted by atomic mass is 32.1. The quantitative estimate of drug-likeness (QED) is 0.882. The van der Waals surface area contributed by atoms with Crippen LogP contribution < -0.4 is 10.2 Å². The molecule has 0 aliphatic rings. The number of hydrogen-bond donors (Lipinski definition) is 1. The monoisotopic (exact) mass is 296 g/mol. The highest BCUT2D eigenvalue weighted by molar-refractivity contribution is 7.19. The van der Waals surface area contributed by atoms with Crippen molar-refractivity contribution >= 4 is 32.9 Å². The molecule has 0 unspecified atom stereocenters. The zero-order chi connectivity index (χ0) is 13.8. The molecule has 2 aromatic rings. The molecule has 0 saturated carbocycles. The predicted octanol–water partition coefficient (Wildman–Crippen LogP) is 3.72. The fourth-order valence-electron chi connectivity index (χ4n) is 1.66. The van der Waals surface area contributed by atoms with Crippen molar-refractivity contribution in [2.24, 2.45) is 0 Å². The summed E-state index contributed by atoms with van der Waals surface area (Å²) in [5, 5.41) is 7.49. The summed E-state index contributed by atoms with van der Waals surface area (Å²) in [5.41, 5.74) is 2.19. The number of aromatic nitrogens is 2. The second kappa shape index (κ2) is 6.34. The van der Waals surface area contributed by atoms with Crippen molar-refractivity contribution in [3.05, 3.63) is 11.1 Å². The van der Waals surface area contributed by atoms with Gasteiger partial charge in [0.1, 0.15) is 0 Å². The number of nitrogens with zero attached hydrogens (tertiary/aromatic N) is 3. The van der Waals surface area contributed by atoms with Crippen LogP contribution in [0.4, 0.5) is 10.3 Å². The molecule has 0 aliphatic heterocycles. The summed E-state index contributed by atoms with van der Waals surface area (Å²) in [6.07, 6.45) is 2.05. The van der Waals surface area contributed by atoms with Crippen molar-refractivity contribution < 1.29 is 0 Å². The summed E-state index contributed by atoms with van der Waals surface area (Å²) in [6.45, 7) is 5.27. The van der Waals surface area contributed by atoms with E-state index in [9.17, 15) is 0 Å². The van der Waals surface area contributed by atoms with Gasteiger partial charge in [0, 0.05) is 26.0 Å². The molecule has 104 valence electrons. The molecule has 2 rings (SSSR count). The lowest BCUT2D eigenvalue weighted by atomic mass is 10.2. The number of nitrogens with one attached hydrogen (secondary N) is 1. The van der Waals surface area contributed by atoms with Gasteiger partial charge in [-0.1, -0.05) is 25.2 Å². The average Bonchev–Trinajstić information content (AvgIpc) is 3.02. The molecule has 0 bridgehead atoms. The van der Waals surface area contributed by atoms with Crippen molar-refractivity contribution in [1.82, 2.24) is 9.97 Å². The Labute approximate surface area is 122 Å². The van der Waals surface area contributed by atoms with Gasteiger partial charge in [0.25, 0.3) is 0 Å². The van der Waals surface area contributed by atoms with E-state index in [1.165, 1.54) is 4.88 Å². The molecule has 0 saturated heterocycles. The number of aryl methyl sites for hydroxylation is 1. The standard InChI is InChI=1S/C13H20N4S2/c1-5-7-14-12-15-10(8-18-12)11-9(6-2)16-13(19-11)17(3)4/h8H,5-7H2,1-4H3,(H,14,15). The minimum atomic E-state index is 0.939. The zero-order valence-electron chi connectivity index (χ0n) is 11.9. The summed E-state index contributed by atoms with van der Waals surface area (Å²) in [5.74, 6) is 0. The summed E-state index contributed by atoms with van der Waals surface area (Å²) >= 11 is 3.38. The van der Waals surface area contributed by atoms with Crippen LogP contribution in [0.3, 0.4) is 0 Å². The maximum Gasteiger partial charge on any atom is 0.185 e. The van der Waals surface area contributed by atoms with Crippen LogP contribution in [0.2, 0.25) is 0 Å². The Hall–Kier alpha value is -1.14. The van der Waals surface area contributed by atoms with E-state index in [0.29, 0.717) is 0 Å². The third-order valence-corrected chi connectivity index (χ3v) is 4.75. The Bertz CT molecular complexity index is 530. The van der Waals surface area contributed by atoms with Gasteiger partial charge in [0.15, 0.2) is 10.3 Å². The topological polar surface area (TPSA) is 41.1 Å². The number of hydrogen-bond acceptors (Lipinski definition) is 6. The van der Waals surface area contributed by atoms with E-state index in [4.69, 9.17) is 0 Å². The van der Waals surface area contributed by atoms with Gasteiger partial charge in [0.05, 0.1) is 16.3 Å². The van der Waals surface area contributed by atoms with Gasteiger partial charge in [-0.25, -0.2) is 9.97 Å². The maximum absolute atomic E-state index is 4.66. The Kier molecular flexibility index (Phi) is 4.76. The van der Waals surface area contributed by atoms with Crippen LogP contribution in [-0.4, -0.2) is 30.6 Å². The van der Waals surface area contributed by atoms with Crippen molar-refractivity contribution in [1.29, 1.82) is 0 Å². The van der Waals surface area contributed by atoms with E-state index in [-0.39, 0.29) is 0 Å². The first-order valence-electron chi connectivity index (χ1n) is 6.52. The summed E-state index contributed by atoms with van der Waals surface area (Å²) in [4.78, 5) is 12.6. The lowest BCUT2D eigenvalue weighted by molar-refractivity contribution is 0.976. The van der Waals surface area contributed by atoms with Crippen LogP contribution in [0.15, 0.2) is 5.38 Å². The maximum atomic E-state index is 4.66. The molecule has 0 aliphatic carbocycles. The van der Waals surface area contributed by atoms with E-state index in [0.717, 1.165) is 41.0 Å². The van der Waals surface area contributed by atoms with Gasteiger partial charge in [0.2, 0.25) is 0 Å². The van der Waals surface area contributed by atoms with E-state index in [1.807, 2.05) is 14.1 Å². The Morgan fingerprint density at radius 3 is 2.68 bits per heavy atom. The normalized spacial score (nSPS) is 10.7. The van der Waals surface area contributed by atoms with E-state index in [2.05, 4.69) is 39.4 Å². The van der Waals surface area contributed by atoms with Gasteiger partial charge in [-0.2, -0.15) is 0 Å². The van der Waals surface area contributed by atoms with E-state index >= 15 is 0 Å². The summed E-state index contributed by atoms with van der Waals surface area (Å²) in [7, 11) is 4.05. The number of anilines is 2. The van der Waals surface area contributed by atoms with Gasteiger partial charge < -0.3 is 10.2 Å². The van der Waals surface area contributed by atoms with Crippen LogP contribution >= 0.6 is 22.7 Å². The predicted molar refractivity (Wildman–Crippen MR) is 85.7 cm³/mol. The Morgan fingerprint density at radius 1 is 1.26 bits per heavy atom. The lowest BCUT2D eigenvalue weighted by Crippen LogP contribution is -2.07. The highest BCUT2D eigenvalue weighted by Gasteiger charge is 2.15. The first-order chi connectivity index (χ1) is 9.15. The van der Waals surface area contributed by atoms with Crippen LogP contribution in [-0.2, 0) is 6.42 Å². The fourth-order valence-corrected chi connectivity index (χ4v) is 3.50. The average molecular weight is 296 g/mol. The Balaban J connectivity index is 2.27. The largest absolute Gasteiger partial charge is 0.362 e. The second-order valence-corrected chi connectivity index (χ2v) is 6.32. The summed E-state index contributed by atoms with van der Waals surface area (Å²) in [6, 6.07) is 0. The lowest BCUT2D eigenvalue weighted by Gasteiger charge is -2.05.